The van der Waals surface area contributed by atoms with Gasteiger partial charge in [0, 0.05) is 27.5 Å². The lowest BCUT2D eigenvalue weighted by Crippen LogP contribution is -2.16. The van der Waals surface area contributed by atoms with Crippen LogP contribution < -0.4 is 0 Å². The van der Waals surface area contributed by atoms with Crippen LogP contribution in [0.1, 0.15) is 47.6 Å². The Labute approximate surface area is 320 Å². The maximum Gasteiger partial charge on any atom is 0.0588 e. The van der Waals surface area contributed by atoms with E-state index < -0.39 is 0 Å². The van der Waals surface area contributed by atoms with Crippen molar-refractivity contribution in [2.24, 2.45) is 0 Å². The first-order valence-electron chi connectivity index (χ1n) is 19.5. The van der Waals surface area contributed by atoms with Crippen LogP contribution in [0.5, 0.6) is 0 Å². The van der Waals surface area contributed by atoms with Crippen LogP contribution in [-0.2, 0) is 5.41 Å². The topological polar surface area (TPSA) is 4.93 Å². The molecule has 0 amide bonds. The summed E-state index contributed by atoms with van der Waals surface area (Å²) in [4.78, 5) is 0. The van der Waals surface area contributed by atoms with E-state index in [0.29, 0.717) is 0 Å². The summed E-state index contributed by atoms with van der Waals surface area (Å²) in [6, 6.07) is 68.3. The van der Waals surface area contributed by atoms with E-state index in [1.807, 2.05) is 0 Å². The molecule has 2 aliphatic rings. The van der Waals surface area contributed by atoms with Gasteiger partial charge in [0.25, 0.3) is 0 Å². The van der Waals surface area contributed by atoms with Gasteiger partial charge in [0.2, 0.25) is 0 Å². The van der Waals surface area contributed by atoms with E-state index >= 15 is 0 Å². The smallest absolute Gasteiger partial charge is 0.0588 e. The van der Waals surface area contributed by atoms with Crippen LogP contribution in [0.25, 0.3) is 82.4 Å². The monoisotopic (exact) mass is 699 g/mol. The average molecular weight is 700 g/mol. The molecule has 1 heteroatoms. The number of hydrogen-bond donors (Lipinski definition) is 0. The van der Waals surface area contributed by atoms with Crippen molar-refractivity contribution >= 4 is 43.4 Å². The van der Waals surface area contributed by atoms with E-state index in [0.717, 1.165) is 0 Å². The van der Waals surface area contributed by atoms with Gasteiger partial charge in [-0.05, 0) is 102 Å². The standard InChI is InChI=1S/C54H37N/c1-54(2)48-20-10-9-18-41(48)44-27-28-45-47-32-37(25-29-50(47)55(53(45)52(44)54)49-21-11-15-34-13-5-6-16-39(34)49)36-24-26-43-46(31-36)40-17-7-8-19-42(40)51(43)38-23-22-33-12-3-4-14-35(33)30-38/h3-32,51H,1-2H3. The van der Waals surface area contributed by atoms with Crippen molar-refractivity contribution in [3.63, 3.8) is 0 Å². The average Bonchev–Trinajstić information content (AvgIpc) is 3.83. The first-order valence-corrected chi connectivity index (χ1v) is 19.5. The number of benzene rings is 9. The number of fused-ring (bicyclic) bond motifs is 12. The summed E-state index contributed by atoms with van der Waals surface area (Å²) in [5.41, 5.74) is 18.4. The molecule has 1 aromatic heterocycles. The van der Waals surface area contributed by atoms with Gasteiger partial charge in [0.05, 0.1) is 16.7 Å². The lowest BCUT2D eigenvalue weighted by molar-refractivity contribution is 0.664. The summed E-state index contributed by atoms with van der Waals surface area (Å²) in [5.74, 6) is 0.209. The van der Waals surface area contributed by atoms with Crippen LogP contribution in [0.3, 0.4) is 0 Å². The predicted molar refractivity (Wildman–Crippen MR) is 232 cm³/mol. The highest BCUT2D eigenvalue weighted by atomic mass is 15.0. The highest BCUT2D eigenvalue weighted by Gasteiger charge is 2.38. The maximum absolute atomic E-state index is 2.57. The lowest BCUT2D eigenvalue weighted by Gasteiger charge is -2.24. The van der Waals surface area contributed by atoms with Gasteiger partial charge < -0.3 is 4.57 Å². The Hall–Kier alpha value is -6.70. The number of aromatic nitrogens is 1. The molecule has 0 saturated heterocycles. The van der Waals surface area contributed by atoms with Crippen LogP contribution in [0.2, 0.25) is 0 Å². The van der Waals surface area contributed by atoms with Crippen molar-refractivity contribution in [3.05, 3.63) is 210 Å². The molecule has 0 fully saturated rings. The van der Waals surface area contributed by atoms with Gasteiger partial charge in [0.1, 0.15) is 0 Å². The summed E-state index contributed by atoms with van der Waals surface area (Å²) < 4.78 is 2.57. The largest absolute Gasteiger partial charge is 0.308 e. The Bertz CT molecular complexity index is 3240. The van der Waals surface area contributed by atoms with Gasteiger partial charge in [0.15, 0.2) is 0 Å². The van der Waals surface area contributed by atoms with Crippen LogP contribution in [-0.4, -0.2) is 4.57 Å². The summed E-state index contributed by atoms with van der Waals surface area (Å²) in [7, 11) is 0. The molecule has 1 atom stereocenters. The van der Waals surface area contributed by atoms with Gasteiger partial charge in [-0.3, -0.25) is 0 Å². The zero-order valence-electron chi connectivity index (χ0n) is 30.8. The Morgan fingerprint density at radius 2 is 1.15 bits per heavy atom. The number of hydrogen-bond acceptors (Lipinski definition) is 0. The molecule has 55 heavy (non-hydrogen) atoms. The van der Waals surface area contributed by atoms with Crippen LogP contribution in [0, 0.1) is 0 Å². The molecule has 2 aliphatic carbocycles. The van der Waals surface area contributed by atoms with Gasteiger partial charge in [-0.2, -0.15) is 0 Å². The second-order valence-electron chi connectivity index (χ2n) is 16.0. The van der Waals surface area contributed by atoms with Crippen molar-refractivity contribution in [1.82, 2.24) is 4.57 Å². The SMILES string of the molecule is CC1(C)c2ccccc2-c2ccc3c4cc(-c5ccc6c(c5)-c5ccccc5C6c5ccc6ccccc6c5)ccc4n(-c4cccc5ccccc45)c3c21. The molecule has 0 spiro atoms. The molecule has 9 aromatic carbocycles. The molecule has 258 valence electrons. The van der Waals surface area contributed by atoms with Crippen molar-refractivity contribution in [1.29, 1.82) is 0 Å². The van der Waals surface area contributed by atoms with Gasteiger partial charge >= 0.3 is 0 Å². The van der Waals surface area contributed by atoms with Gasteiger partial charge in [-0.1, -0.05) is 172 Å². The molecule has 0 aliphatic heterocycles. The minimum absolute atomic E-state index is 0.153. The van der Waals surface area contributed by atoms with Crippen molar-refractivity contribution in [2.45, 2.75) is 25.2 Å². The molecule has 0 N–H and O–H groups in total. The third kappa shape index (κ3) is 4.24. The van der Waals surface area contributed by atoms with E-state index in [1.165, 1.54) is 110 Å². The Balaban J connectivity index is 1.08. The van der Waals surface area contributed by atoms with Crippen molar-refractivity contribution in [3.8, 4) is 39.1 Å². The van der Waals surface area contributed by atoms with E-state index in [-0.39, 0.29) is 11.3 Å². The molecular weight excluding hydrogens is 663 g/mol. The van der Waals surface area contributed by atoms with Crippen molar-refractivity contribution < 1.29 is 0 Å². The molecule has 0 radical (unpaired) electrons. The molecule has 0 bridgehead atoms. The predicted octanol–water partition coefficient (Wildman–Crippen LogP) is 14.2. The molecule has 1 heterocycles. The van der Waals surface area contributed by atoms with Gasteiger partial charge in [-0.25, -0.2) is 0 Å². The quantitative estimate of drug-likeness (QED) is 0.173. The van der Waals surface area contributed by atoms with E-state index in [9.17, 15) is 0 Å². The number of rotatable bonds is 3. The summed E-state index contributed by atoms with van der Waals surface area (Å²) in [6.45, 7) is 4.81. The van der Waals surface area contributed by atoms with E-state index in [4.69, 9.17) is 0 Å². The molecule has 12 rings (SSSR count). The highest BCUT2D eigenvalue weighted by Crippen LogP contribution is 2.54. The Morgan fingerprint density at radius 1 is 0.436 bits per heavy atom. The lowest BCUT2D eigenvalue weighted by atomic mass is 9.81. The third-order valence-electron chi connectivity index (χ3n) is 12.8. The molecular formula is C54H37N. The van der Waals surface area contributed by atoms with Gasteiger partial charge in [-0.15, -0.1) is 0 Å². The summed E-state index contributed by atoms with van der Waals surface area (Å²) in [5, 5.41) is 7.66. The molecule has 10 aromatic rings. The normalized spacial score (nSPS) is 15.1. The third-order valence-corrected chi connectivity index (χ3v) is 12.8. The minimum atomic E-state index is -0.153. The summed E-state index contributed by atoms with van der Waals surface area (Å²) >= 11 is 0. The van der Waals surface area contributed by atoms with Crippen LogP contribution in [0.15, 0.2) is 182 Å². The maximum atomic E-state index is 2.57. The molecule has 1 nitrogen and oxygen atoms in total. The minimum Gasteiger partial charge on any atom is -0.308 e. The summed E-state index contributed by atoms with van der Waals surface area (Å²) in [6.07, 6.45) is 0. The van der Waals surface area contributed by atoms with Crippen LogP contribution >= 0.6 is 0 Å². The first kappa shape index (κ1) is 30.7. The van der Waals surface area contributed by atoms with E-state index in [1.54, 1.807) is 0 Å². The fourth-order valence-corrected chi connectivity index (χ4v) is 10.3. The Morgan fingerprint density at radius 3 is 2.05 bits per heavy atom. The second kappa shape index (κ2) is 11.2. The highest BCUT2D eigenvalue weighted by molar-refractivity contribution is 6.15. The fraction of sp³-hybridized carbons (Fsp3) is 0.0741. The molecule has 0 saturated carbocycles. The Kier molecular flexibility index (Phi) is 6.24. The first-order chi connectivity index (χ1) is 27.0. The number of nitrogens with zero attached hydrogens (tertiary/aromatic N) is 1. The zero-order chi connectivity index (χ0) is 36.4. The zero-order valence-corrected chi connectivity index (χ0v) is 30.8. The second-order valence-corrected chi connectivity index (χ2v) is 16.0. The fourth-order valence-electron chi connectivity index (χ4n) is 10.3. The van der Waals surface area contributed by atoms with E-state index in [2.05, 4.69) is 200 Å². The van der Waals surface area contributed by atoms with Crippen molar-refractivity contribution in [2.75, 3.05) is 0 Å². The van der Waals surface area contributed by atoms with Crippen LogP contribution in [0.4, 0.5) is 0 Å². The molecule has 1 unspecified atom stereocenters.